The predicted molar refractivity (Wildman–Crippen MR) is 126 cm³/mol. The van der Waals surface area contributed by atoms with E-state index in [-0.39, 0.29) is 0 Å². The normalized spacial score (nSPS) is 20.7. The third-order valence-corrected chi connectivity index (χ3v) is 7.28. The van der Waals surface area contributed by atoms with Crippen LogP contribution in [0.2, 0.25) is 0 Å². The van der Waals surface area contributed by atoms with Crippen LogP contribution in [-0.4, -0.2) is 40.7 Å². The van der Waals surface area contributed by atoms with Gasteiger partial charge in [-0.1, -0.05) is 17.4 Å². The molecule has 0 spiro atoms. The molecule has 2 atom stereocenters. The highest BCUT2D eigenvalue weighted by Gasteiger charge is 2.33. The highest BCUT2D eigenvalue weighted by molar-refractivity contribution is 9.10. The molecular weight excluding hydrogens is 490 g/mol. The summed E-state index contributed by atoms with van der Waals surface area (Å²) in [5, 5.41) is 25.5. The third-order valence-electron chi connectivity index (χ3n) is 5.82. The van der Waals surface area contributed by atoms with E-state index in [0.717, 1.165) is 58.2 Å². The first kappa shape index (κ1) is 21.1. The van der Waals surface area contributed by atoms with Gasteiger partial charge in [-0.15, -0.1) is 10.2 Å². The Bertz CT molecular complexity index is 1370. The van der Waals surface area contributed by atoms with Crippen molar-refractivity contribution in [3.05, 3.63) is 51.2 Å². The molecule has 8 nitrogen and oxygen atoms in total. The summed E-state index contributed by atoms with van der Waals surface area (Å²) in [5.74, 6) is 1.10. The number of aliphatic hydroxyl groups is 1. The van der Waals surface area contributed by atoms with E-state index in [1.54, 1.807) is 16.9 Å². The van der Waals surface area contributed by atoms with Gasteiger partial charge in [0.25, 0.3) is 0 Å². The highest BCUT2D eigenvalue weighted by Crippen LogP contribution is 2.37. The van der Waals surface area contributed by atoms with Crippen LogP contribution < -0.4 is 0 Å². The quantitative estimate of drug-likeness (QED) is 0.387. The number of nitrogens with zero attached hydrogens (tertiary/aromatic N) is 7. The Morgan fingerprint density at radius 2 is 2.22 bits per heavy atom. The molecule has 1 aliphatic rings. The van der Waals surface area contributed by atoms with Crippen molar-refractivity contribution in [2.75, 3.05) is 0 Å². The van der Waals surface area contributed by atoms with Gasteiger partial charge in [0.15, 0.2) is 11.3 Å². The minimum absolute atomic E-state index is 0.366. The second-order valence-corrected chi connectivity index (χ2v) is 10.4. The van der Waals surface area contributed by atoms with Gasteiger partial charge in [-0.05, 0) is 67.1 Å². The summed E-state index contributed by atoms with van der Waals surface area (Å²) < 4.78 is 2.38. The lowest BCUT2D eigenvalue weighted by molar-refractivity contribution is 0.0635. The molecule has 0 unspecified atom stereocenters. The lowest BCUT2D eigenvalue weighted by Crippen LogP contribution is -2.19. The number of aryl methyl sites for hydroxylation is 1. The van der Waals surface area contributed by atoms with E-state index >= 15 is 0 Å². The van der Waals surface area contributed by atoms with Gasteiger partial charge in [0, 0.05) is 18.2 Å². The zero-order valence-electron chi connectivity index (χ0n) is 17.6. The molecule has 1 aromatic carbocycles. The molecule has 1 saturated carbocycles. The number of hydrogen-bond donors (Lipinski definition) is 1. The molecule has 1 aliphatic carbocycles. The minimum atomic E-state index is -0.594. The first-order chi connectivity index (χ1) is 15.3. The molecule has 0 bridgehead atoms. The van der Waals surface area contributed by atoms with Crippen LogP contribution in [0.4, 0.5) is 5.69 Å². The summed E-state index contributed by atoms with van der Waals surface area (Å²) >= 11 is 4.97. The van der Waals surface area contributed by atoms with Gasteiger partial charge >= 0.3 is 0 Å². The van der Waals surface area contributed by atoms with Crippen LogP contribution in [-0.2, 0) is 6.42 Å². The molecule has 5 rings (SSSR count). The lowest BCUT2D eigenvalue weighted by atomic mass is 10.00. The maximum atomic E-state index is 10.3. The largest absolute Gasteiger partial charge is 0.390 e. The molecule has 0 amide bonds. The second-order valence-electron chi connectivity index (χ2n) is 8.48. The van der Waals surface area contributed by atoms with Gasteiger partial charge in [-0.25, -0.2) is 19.5 Å². The number of benzene rings is 1. The SMILES string of the molecule is [C-]#[N+]c1cc(-n2nc(Br)c3cnc(C[C@@H]4CC[C@@](C)(O)C4)nc32)ccc1-c1nnc(C)s1. The topological polar surface area (TPSA) is 94.0 Å². The molecule has 0 aliphatic heterocycles. The van der Waals surface area contributed by atoms with Gasteiger partial charge in [0.05, 0.1) is 23.2 Å². The second kappa shape index (κ2) is 7.99. The highest BCUT2D eigenvalue weighted by atomic mass is 79.9. The monoisotopic (exact) mass is 509 g/mol. The number of rotatable bonds is 4. The summed E-state index contributed by atoms with van der Waals surface area (Å²) in [6, 6.07) is 5.59. The molecule has 0 radical (unpaired) electrons. The van der Waals surface area contributed by atoms with Crippen LogP contribution in [0.15, 0.2) is 29.0 Å². The zero-order chi connectivity index (χ0) is 22.5. The van der Waals surface area contributed by atoms with E-state index < -0.39 is 5.60 Å². The standard InChI is InChI=1S/C22H20BrN7OS/c1-12-27-28-21(32-12)15-5-4-14(9-17(15)24-3)30-20-16(19(23)29-30)11-25-18(26-20)8-13-6-7-22(2,31)10-13/h4-5,9,11,13,31H,6-8,10H2,1-2H3/t13-,22+/m0/s1. The molecule has 10 heteroatoms. The van der Waals surface area contributed by atoms with E-state index in [0.29, 0.717) is 21.9 Å². The number of fused-ring (bicyclic) bond motifs is 1. The first-order valence-corrected chi connectivity index (χ1v) is 11.9. The number of aromatic nitrogens is 6. The molecule has 162 valence electrons. The van der Waals surface area contributed by atoms with Crippen molar-refractivity contribution in [2.45, 2.75) is 45.1 Å². The van der Waals surface area contributed by atoms with Crippen molar-refractivity contribution in [1.29, 1.82) is 0 Å². The molecular formula is C22H20BrN7OS. The van der Waals surface area contributed by atoms with Crippen molar-refractivity contribution in [3.63, 3.8) is 0 Å². The van der Waals surface area contributed by atoms with Gasteiger partial charge in [0.1, 0.15) is 20.4 Å². The zero-order valence-corrected chi connectivity index (χ0v) is 20.0. The predicted octanol–water partition coefficient (Wildman–Crippen LogP) is 5.05. The average Bonchev–Trinajstić information content (AvgIpc) is 3.44. The van der Waals surface area contributed by atoms with Gasteiger partial charge in [0.2, 0.25) is 0 Å². The van der Waals surface area contributed by atoms with Crippen LogP contribution in [0, 0.1) is 19.4 Å². The van der Waals surface area contributed by atoms with Crippen molar-refractivity contribution in [3.8, 4) is 16.3 Å². The van der Waals surface area contributed by atoms with E-state index in [1.807, 2.05) is 26.0 Å². The van der Waals surface area contributed by atoms with E-state index in [2.05, 4.69) is 41.1 Å². The molecule has 3 aromatic heterocycles. The summed E-state index contributed by atoms with van der Waals surface area (Å²) in [4.78, 5) is 13.0. The molecule has 4 aromatic rings. The summed E-state index contributed by atoms with van der Waals surface area (Å²) in [5.41, 5.74) is 2.07. The fourth-order valence-corrected chi connectivity index (χ4v) is 5.45. The average molecular weight is 510 g/mol. The Hall–Kier alpha value is -2.74. The van der Waals surface area contributed by atoms with Crippen molar-refractivity contribution >= 4 is 44.0 Å². The van der Waals surface area contributed by atoms with Crippen LogP contribution in [0.25, 0.3) is 32.1 Å². The Labute approximate surface area is 197 Å². The van der Waals surface area contributed by atoms with Gasteiger partial charge in [-0.3, -0.25) is 0 Å². The molecule has 32 heavy (non-hydrogen) atoms. The Balaban J connectivity index is 1.53. The molecule has 1 N–H and O–H groups in total. The smallest absolute Gasteiger partial charge is 0.199 e. The van der Waals surface area contributed by atoms with Crippen LogP contribution in [0.3, 0.4) is 0 Å². The summed E-state index contributed by atoms with van der Waals surface area (Å²) in [7, 11) is 0. The lowest BCUT2D eigenvalue weighted by Gasteiger charge is -2.15. The van der Waals surface area contributed by atoms with Crippen molar-refractivity contribution in [1.82, 2.24) is 29.9 Å². The third kappa shape index (κ3) is 3.92. The summed E-state index contributed by atoms with van der Waals surface area (Å²) in [6.45, 7) is 11.4. The Kier molecular flexibility index (Phi) is 5.28. The molecule has 0 saturated heterocycles. The number of hydrogen-bond acceptors (Lipinski definition) is 7. The Morgan fingerprint density at radius 1 is 1.38 bits per heavy atom. The fourth-order valence-electron chi connectivity index (χ4n) is 4.29. The van der Waals surface area contributed by atoms with E-state index in [4.69, 9.17) is 11.6 Å². The van der Waals surface area contributed by atoms with Crippen LogP contribution >= 0.6 is 27.3 Å². The van der Waals surface area contributed by atoms with E-state index in [1.165, 1.54) is 11.3 Å². The first-order valence-electron chi connectivity index (χ1n) is 10.3. The van der Waals surface area contributed by atoms with Crippen molar-refractivity contribution in [2.24, 2.45) is 5.92 Å². The Morgan fingerprint density at radius 3 is 2.91 bits per heavy atom. The number of halogens is 1. The molecule has 3 heterocycles. The fraction of sp³-hybridized carbons (Fsp3) is 0.364. The van der Waals surface area contributed by atoms with Crippen molar-refractivity contribution < 1.29 is 5.11 Å². The van der Waals surface area contributed by atoms with Gasteiger partial charge < -0.3 is 5.11 Å². The maximum absolute atomic E-state index is 10.3. The van der Waals surface area contributed by atoms with Gasteiger partial charge in [-0.2, -0.15) is 5.10 Å². The van der Waals surface area contributed by atoms with E-state index in [9.17, 15) is 5.11 Å². The molecule has 1 fully saturated rings. The van der Waals surface area contributed by atoms with Crippen LogP contribution in [0.1, 0.15) is 37.0 Å². The minimum Gasteiger partial charge on any atom is -0.390 e. The van der Waals surface area contributed by atoms with Crippen LogP contribution in [0.5, 0.6) is 0 Å². The maximum Gasteiger partial charge on any atom is 0.199 e. The summed E-state index contributed by atoms with van der Waals surface area (Å²) in [6.07, 6.45) is 5.05.